The van der Waals surface area contributed by atoms with Crippen molar-refractivity contribution in [2.24, 2.45) is 0 Å². The molecule has 1 unspecified atom stereocenters. The highest BCUT2D eigenvalue weighted by molar-refractivity contribution is 5.58. The van der Waals surface area contributed by atoms with Crippen LogP contribution >= 0.6 is 0 Å². The van der Waals surface area contributed by atoms with Gasteiger partial charge in [-0.1, -0.05) is 17.7 Å². The maximum atomic E-state index is 5.62. The highest BCUT2D eigenvalue weighted by Crippen LogP contribution is 2.22. The van der Waals surface area contributed by atoms with E-state index in [1.54, 1.807) is 0 Å². The summed E-state index contributed by atoms with van der Waals surface area (Å²) in [6.07, 6.45) is 2.80. The predicted molar refractivity (Wildman–Crippen MR) is 68.1 cm³/mol. The molecular weight excluding hydrogens is 198 g/mol. The molecule has 0 aliphatic carbocycles. The van der Waals surface area contributed by atoms with Crippen molar-refractivity contribution in [3.8, 4) is 0 Å². The largest absolute Gasteiger partial charge is 0.382 e. The Balaban J connectivity index is 2.03. The molecule has 16 heavy (non-hydrogen) atoms. The molecule has 0 saturated carbocycles. The van der Waals surface area contributed by atoms with Crippen molar-refractivity contribution in [3.05, 3.63) is 28.8 Å². The van der Waals surface area contributed by atoms with Gasteiger partial charge >= 0.3 is 0 Å². The molecule has 2 heteroatoms. The van der Waals surface area contributed by atoms with Crippen LogP contribution in [0.2, 0.25) is 0 Å². The van der Waals surface area contributed by atoms with Crippen LogP contribution in [0.25, 0.3) is 0 Å². The average Bonchev–Trinajstić information content (AvgIpc) is 2.68. The number of rotatable bonds is 3. The van der Waals surface area contributed by atoms with Gasteiger partial charge in [-0.15, -0.1) is 0 Å². The second-order valence-electron chi connectivity index (χ2n) is 4.79. The fourth-order valence-electron chi connectivity index (χ4n) is 2.48. The van der Waals surface area contributed by atoms with Gasteiger partial charge in [0.05, 0.1) is 6.10 Å². The van der Waals surface area contributed by atoms with Gasteiger partial charge in [-0.05, 0) is 44.7 Å². The smallest absolute Gasteiger partial charge is 0.0748 e. The van der Waals surface area contributed by atoms with Crippen molar-refractivity contribution in [2.75, 3.05) is 18.5 Å². The summed E-state index contributed by atoms with van der Waals surface area (Å²) in [5.41, 5.74) is 5.27. The van der Waals surface area contributed by atoms with Crippen molar-refractivity contribution >= 4 is 5.69 Å². The van der Waals surface area contributed by atoms with Crippen LogP contribution in [0.5, 0.6) is 0 Å². The molecule has 1 aliphatic heterocycles. The molecule has 1 N–H and O–H groups in total. The highest BCUT2D eigenvalue weighted by atomic mass is 16.5. The van der Waals surface area contributed by atoms with Gasteiger partial charge in [-0.3, -0.25) is 0 Å². The predicted octanol–water partition coefficient (Wildman–Crippen LogP) is 3.20. The van der Waals surface area contributed by atoms with Crippen LogP contribution in [0, 0.1) is 20.8 Å². The number of hydrogen-bond acceptors (Lipinski definition) is 2. The average molecular weight is 219 g/mol. The van der Waals surface area contributed by atoms with Crippen molar-refractivity contribution in [2.45, 2.75) is 39.7 Å². The van der Waals surface area contributed by atoms with E-state index in [0.29, 0.717) is 6.10 Å². The summed E-state index contributed by atoms with van der Waals surface area (Å²) in [5, 5.41) is 3.53. The molecule has 1 aromatic carbocycles. The van der Waals surface area contributed by atoms with Gasteiger partial charge in [0.2, 0.25) is 0 Å². The Morgan fingerprint density at radius 3 is 2.50 bits per heavy atom. The lowest BCUT2D eigenvalue weighted by Gasteiger charge is -2.16. The van der Waals surface area contributed by atoms with Crippen LogP contribution in [0.4, 0.5) is 5.69 Å². The van der Waals surface area contributed by atoms with E-state index in [1.165, 1.54) is 35.2 Å². The molecule has 1 atom stereocenters. The zero-order chi connectivity index (χ0) is 11.5. The van der Waals surface area contributed by atoms with E-state index in [9.17, 15) is 0 Å². The number of aryl methyl sites for hydroxylation is 3. The third-order valence-corrected chi connectivity index (χ3v) is 3.21. The Hall–Kier alpha value is -1.02. The standard InChI is InChI=1S/C14H21NO/c1-10-7-11(2)14(12(3)8-10)15-9-13-5-4-6-16-13/h7-8,13,15H,4-6,9H2,1-3H3. The van der Waals surface area contributed by atoms with Gasteiger partial charge < -0.3 is 10.1 Å². The van der Waals surface area contributed by atoms with Crippen molar-refractivity contribution in [3.63, 3.8) is 0 Å². The molecule has 88 valence electrons. The Morgan fingerprint density at radius 1 is 1.25 bits per heavy atom. The third kappa shape index (κ3) is 2.56. The molecule has 0 aromatic heterocycles. The Labute approximate surface area is 98.0 Å². The van der Waals surface area contributed by atoms with E-state index in [2.05, 4.69) is 38.2 Å². The van der Waals surface area contributed by atoms with E-state index in [1.807, 2.05) is 0 Å². The quantitative estimate of drug-likeness (QED) is 0.843. The van der Waals surface area contributed by atoms with Crippen molar-refractivity contribution in [1.82, 2.24) is 0 Å². The molecule has 0 radical (unpaired) electrons. The van der Waals surface area contributed by atoms with Crippen LogP contribution in [-0.2, 0) is 4.74 Å². The molecule has 0 amide bonds. The molecular formula is C14H21NO. The first-order valence-electron chi connectivity index (χ1n) is 6.10. The maximum absolute atomic E-state index is 5.62. The lowest BCUT2D eigenvalue weighted by molar-refractivity contribution is 0.120. The first-order valence-corrected chi connectivity index (χ1v) is 6.10. The molecule has 2 rings (SSSR count). The van der Waals surface area contributed by atoms with Crippen molar-refractivity contribution < 1.29 is 4.74 Å². The Morgan fingerprint density at radius 2 is 1.94 bits per heavy atom. The van der Waals surface area contributed by atoms with E-state index < -0.39 is 0 Å². The summed E-state index contributed by atoms with van der Waals surface area (Å²) in [7, 11) is 0. The molecule has 1 fully saturated rings. The zero-order valence-corrected chi connectivity index (χ0v) is 10.5. The second kappa shape index (κ2) is 4.88. The topological polar surface area (TPSA) is 21.3 Å². The van der Waals surface area contributed by atoms with Gasteiger partial charge in [0.15, 0.2) is 0 Å². The fraction of sp³-hybridized carbons (Fsp3) is 0.571. The molecule has 0 bridgehead atoms. The first kappa shape index (κ1) is 11.5. The number of benzene rings is 1. The van der Waals surface area contributed by atoms with E-state index in [-0.39, 0.29) is 0 Å². The summed E-state index contributed by atoms with van der Waals surface area (Å²) in [6.45, 7) is 8.34. The molecule has 1 heterocycles. The van der Waals surface area contributed by atoms with E-state index in [4.69, 9.17) is 4.74 Å². The minimum absolute atomic E-state index is 0.403. The SMILES string of the molecule is Cc1cc(C)c(NCC2CCCO2)c(C)c1. The van der Waals surface area contributed by atoms with Gasteiger partial charge in [0.1, 0.15) is 0 Å². The van der Waals surface area contributed by atoms with Gasteiger partial charge in [-0.2, -0.15) is 0 Å². The maximum Gasteiger partial charge on any atom is 0.0748 e. The number of nitrogens with one attached hydrogen (secondary N) is 1. The number of ether oxygens (including phenoxy) is 1. The van der Waals surface area contributed by atoms with E-state index >= 15 is 0 Å². The number of hydrogen-bond donors (Lipinski definition) is 1. The molecule has 1 aromatic rings. The third-order valence-electron chi connectivity index (χ3n) is 3.21. The highest BCUT2D eigenvalue weighted by Gasteiger charge is 2.15. The van der Waals surface area contributed by atoms with E-state index in [0.717, 1.165) is 13.2 Å². The van der Waals surface area contributed by atoms with Crippen LogP contribution < -0.4 is 5.32 Å². The van der Waals surface area contributed by atoms with Crippen LogP contribution in [0.1, 0.15) is 29.5 Å². The minimum atomic E-state index is 0.403. The first-order chi connectivity index (χ1) is 7.66. The summed E-state index contributed by atoms with van der Waals surface area (Å²) >= 11 is 0. The van der Waals surface area contributed by atoms with Gasteiger partial charge in [0.25, 0.3) is 0 Å². The van der Waals surface area contributed by atoms with Gasteiger partial charge in [-0.25, -0.2) is 0 Å². The normalized spacial score (nSPS) is 20.1. The molecule has 2 nitrogen and oxygen atoms in total. The summed E-state index contributed by atoms with van der Waals surface area (Å²) in [4.78, 5) is 0. The monoisotopic (exact) mass is 219 g/mol. The Kier molecular flexibility index (Phi) is 3.49. The molecule has 1 saturated heterocycles. The lowest BCUT2D eigenvalue weighted by atomic mass is 10.0. The number of anilines is 1. The summed E-state index contributed by atoms with van der Waals surface area (Å²) in [5.74, 6) is 0. The molecule has 0 spiro atoms. The zero-order valence-electron chi connectivity index (χ0n) is 10.5. The van der Waals surface area contributed by atoms with Crippen molar-refractivity contribution in [1.29, 1.82) is 0 Å². The van der Waals surface area contributed by atoms with Gasteiger partial charge in [0, 0.05) is 18.8 Å². The lowest BCUT2D eigenvalue weighted by Crippen LogP contribution is -2.19. The minimum Gasteiger partial charge on any atom is -0.382 e. The fourth-order valence-corrected chi connectivity index (χ4v) is 2.48. The van der Waals surface area contributed by atoms with Crippen LogP contribution in [-0.4, -0.2) is 19.3 Å². The van der Waals surface area contributed by atoms with Crippen LogP contribution in [0.15, 0.2) is 12.1 Å². The molecule has 1 aliphatic rings. The second-order valence-corrected chi connectivity index (χ2v) is 4.79. The summed E-state index contributed by atoms with van der Waals surface area (Å²) < 4.78 is 5.62. The van der Waals surface area contributed by atoms with Crippen LogP contribution in [0.3, 0.4) is 0 Å². The summed E-state index contributed by atoms with van der Waals surface area (Å²) in [6, 6.07) is 4.45. The Bertz CT molecular complexity index is 344.